The molecule has 1 aliphatic rings. The van der Waals surface area contributed by atoms with Gasteiger partial charge in [0.25, 0.3) is 11.6 Å². The molecule has 0 saturated carbocycles. The van der Waals surface area contributed by atoms with Crippen molar-refractivity contribution in [3.8, 4) is 5.88 Å². The molecular formula is C28H24N6O5. The maximum absolute atomic E-state index is 11.8. The van der Waals surface area contributed by atoms with Crippen molar-refractivity contribution in [3.05, 3.63) is 105 Å². The van der Waals surface area contributed by atoms with Crippen LogP contribution in [0.15, 0.2) is 77.4 Å². The van der Waals surface area contributed by atoms with Crippen LogP contribution < -0.4 is 16.4 Å². The zero-order chi connectivity index (χ0) is 27.5. The number of amides is 3. The summed E-state index contributed by atoms with van der Waals surface area (Å²) in [7, 11) is 0. The average Bonchev–Trinajstić information content (AvgIpc) is 3.43. The van der Waals surface area contributed by atoms with E-state index in [1.54, 1.807) is 36.4 Å². The Morgan fingerprint density at radius 3 is 2.41 bits per heavy atom. The van der Waals surface area contributed by atoms with Crippen LogP contribution in [-0.4, -0.2) is 39.2 Å². The number of carbonyl (C=O) groups is 2. The highest BCUT2D eigenvalue weighted by atomic mass is 16.6. The lowest BCUT2D eigenvalue weighted by atomic mass is 9.98. The first kappa shape index (κ1) is 25.4. The van der Waals surface area contributed by atoms with Crippen molar-refractivity contribution < 1.29 is 19.6 Å². The molecule has 39 heavy (non-hydrogen) atoms. The van der Waals surface area contributed by atoms with E-state index in [2.05, 4.69) is 15.6 Å². The molecule has 6 N–H and O–H groups in total. The third-order valence-corrected chi connectivity index (χ3v) is 6.27. The molecule has 11 heteroatoms. The van der Waals surface area contributed by atoms with E-state index < -0.39 is 16.9 Å². The number of non-ortho nitro benzene ring substituents is 1. The lowest BCUT2D eigenvalue weighted by Crippen LogP contribution is -2.22. The van der Waals surface area contributed by atoms with E-state index >= 15 is 0 Å². The number of fused-ring (bicyclic) bond motifs is 1. The van der Waals surface area contributed by atoms with Gasteiger partial charge in [0, 0.05) is 28.6 Å². The van der Waals surface area contributed by atoms with E-state index in [1.807, 2.05) is 24.3 Å². The molecule has 4 aromatic rings. The summed E-state index contributed by atoms with van der Waals surface area (Å²) in [6.45, 7) is 0.584. The number of aromatic nitrogens is 1. The van der Waals surface area contributed by atoms with Crippen molar-refractivity contribution in [1.82, 2.24) is 15.6 Å². The van der Waals surface area contributed by atoms with E-state index in [-0.39, 0.29) is 17.3 Å². The second-order valence-corrected chi connectivity index (χ2v) is 8.94. The van der Waals surface area contributed by atoms with Crippen LogP contribution in [0.3, 0.4) is 0 Å². The van der Waals surface area contributed by atoms with Crippen LogP contribution in [0.1, 0.15) is 28.7 Å². The first-order valence-corrected chi connectivity index (χ1v) is 12.1. The minimum Gasteiger partial charge on any atom is -0.494 e. The number of benzene rings is 3. The number of aliphatic imine (C=N–C) groups is 1. The Morgan fingerprint density at radius 2 is 1.77 bits per heavy atom. The molecule has 1 fully saturated rings. The highest BCUT2D eigenvalue weighted by molar-refractivity contribution is 6.22. The van der Waals surface area contributed by atoms with Gasteiger partial charge in [0.1, 0.15) is 5.70 Å². The summed E-state index contributed by atoms with van der Waals surface area (Å²) in [6.07, 6.45) is 3.21. The smallest absolute Gasteiger partial charge is 0.326 e. The monoisotopic (exact) mass is 524 g/mol. The number of nitrogens with zero attached hydrogens (tertiary/aromatic N) is 2. The maximum atomic E-state index is 11.8. The molecule has 3 aromatic carbocycles. The molecule has 3 amide bonds. The van der Waals surface area contributed by atoms with Gasteiger partial charge in [-0.05, 0) is 54.8 Å². The number of imide groups is 1. The molecule has 196 valence electrons. The zero-order valence-corrected chi connectivity index (χ0v) is 20.6. The third kappa shape index (κ3) is 5.38. The normalized spacial score (nSPS) is 14.6. The number of urea groups is 1. The van der Waals surface area contributed by atoms with E-state index in [9.17, 15) is 24.8 Å². The van der Waals surface area contributed by atoms with E-state index in [0.29, 0.717) is 45.5 Å². The van der Waals surface area contributed by atoms with Crippen LogP contribution in [0, 0.1) is 10.1 Å². The topological polar surface area (TPSA) is 176 Å². The average molecular weight is 525 g/mol. The number of nitro groups is 1. The van der Waals surface area contributed by atoms with Gasteiger partial charge in [0.15, 0.2) is 5.88 Å². The molecule has 2 heterocycles. The molecule has 0 unspecified atom stereocenters. The molecule has 0 bridgehead atoms. The Morgan fingerprint density at radius 1 is 1.03 bits per heavy atom. The number of hydrogen-bond acceptors (Lipinski definition) is 7. The SMILES string of the molecule is NCCCc1ccc(C(=Nc2ccc(/C=C3/NC(=O)NC3=O)cc2)c2c(O)[nH]c3ccc([N+](=O)[O-])cc23)cc1. The highest BCUT2D eigenvalue weighted by Gasteiger charge is 2.23. The number of carbonyl (C=O) groups excluding carboxylic acids is 2. The number of aromatic hydroxyl groups is 1. The summed E-state index contributed by atoms with van der Waals surface area (Å²) in [5.74, 6) is -0.677. The summed E-state index contributed by atoms with van der Waals surface area (Å²) in [6, 6.07) is 18.4. The van der Waals surface area contributed by atoms with E-state index in [0.717, 1.165) is 18.4 Å². The summed E-state index contributed by atoms with van der Waals surface area (Å²) < 4.78 is 0. The Bertz CT molecular complexity index is 1650. The predicted octanol–water partition coefficient (Wildman–Crippen LogP) is 4.02. The molecule has 0 radical (unpaired) electrons. The van der Waals surface area contributed by atoms with Gasteiger partial charge in [-0.15, -0.1) is 0 Å². The van der Waals surface area contributed by atoms with Crippen LogP contribution in [0.4, 0.5) is 16.2 Å². The highest BCUT2D eigenvalue weighted by Crippen LogP contribution is 2.34. The number of H-pyrrole nitrogens is 1. The summed E-state index contributed by atoms with van der Waals surface area (Å²) in [5, 5.41) is 27.4. The number of hydrogen-bond donors (Lipinski definition) is 5. The van der Waals surface area contributed by atoms with Crippen LogP contribution >= 0.6 is 0 Å². The first-order chi connectivity index (χ1) is 18.8. The molecule has 1 saturated heterocycles. The van der Waals surface area contributed by atoms with E-state index in [1.165, 1.54) is 12.1 Å². The Balaban J connectivity index is 1.59. The second-order valence-electron chi connectivity index (χ2n) is 8.94. The van der Waals surface area contributed by atoms with Crippen molar-refractivity contribution in [2.24, 2.45) is 10.7 Å². The van der Waals surface area contributed by atoms with Gasteiger partial charge in [0.2, 0.25) is 0 Å². The first-order valence-electron chi connectivity index (χ1n) is 12.1. The number of nitro benzene ring substituents is 1. The standard InChI is InChI=1S/C28H24N6O5/c29-13-1-2-16-3-7-18(8-4-16)25(24-21-15-20(34(38)39)11-12-22(21)31-27(24)36)30-19-9-5-17(6-10-19)14-23-26(35)33-28(37)32-23/h3-12,14-15,31,36H,1-2,13,29H2,(H2,32,33,35,37)/b23-14+,30-25?. The van der Waals surface area contributed by atoms with Gasteiger partial charge in [0.05, 0.1) is 21.9 Å². The summed E-state index contributed by atoms with van der Waals surface area (Å²) >= 11 is 0. The second kappa shape index (κ2) is 10.6. The lowest BCUT2D eigenvalue weighted by molar-refractivity contribution is -0.384. The fraction of sp³-hybridized carbons (Fsp3) is 0.107. The van der Waals surface area contributed by atoms with E-state index in [4.69, 9.17) is 10.7 Å². The fourth-order valence-corrected chi connectivity index (χ4v) is 4.34. The number of aryl methyl sites for hydroxylation is 1. The van der Waals surface area contributed by atoms with Crippen molar-refractivity contribution in [2.45, 2.75) is 12.8 Å². The van der Waals surface area contributed by atoms with Crippen molar-refractivity contribution in [1.29, 1.82) is 0 Å². The largest absolute Gasteiger partial charge is 0.494 e. The molecule has 1 aliphatic heterocycles. The fourth-order valence-electron chi connectivity index (χ4n) is 4.34. The molecule has 0 spiro atoms. The van der Waals surface area contributed by atoms with Crippen LogP contribution in [0.2, 0.25) is 0 Å². The molecule has 0 atom stereocenters. The summed E-state index contributed by atoms with van der Waals surface area (Å²) in [4.78, 5) is 41.9. The predicted molar refractivity (Wildman–Crippen MR) is 147 cm³/mol. The maximum Gasteiger partial charge on any atom is 0.326 e. The number of rotatable bonds is 8. The minimum atomic E-state index is -0.579. The molecule has 11 nitrogen and oxygen atoms in total. The molecular weight excluding hydrogens is 500 g/mol. The van der Waals surface area contributed by atoms with Gasteiger partial charge < -0.3 is 21.1 Å². The number of nitrogens with one attached hydrogen (secondary N) is 3. The van der Waals surface area contributed by atoms with Crippen molar-refractivity contribution >= 4 is 46.0 Å². The lowest BCUT2D eigenvalue weighted by Gasteiger charge is -2.09. The third-order valence-electron chi connectivity index (χ3n) is 6.27. The van der Waals surface area contributed by atoms with Gasteiger partial charge in [-0.25, -0.2) is 9.79 Å². The zero-order valence-electron chi connectivity index (χ0n) is 20.6. The van der Waals surface area contributed by atoms with Crippen LogP contribution in [0.25, 0.3) is 17.0 Å². The van der Waals surface area contributed by atoms with Crippen LogP contribution in [-0.2, 0) is 11.2 Å². The number of aromatic amines is 1. The van der Waals surface area contributed by atoms with Crippen molar-refractivity contribution in [2.75, 3.05) is 6.54 Å². The Kier molecular flexibility index (Phi) is 6.89. The van der Waals surface area contributed by atoms with Crippen molar-refractivity contribution in [3.63, 3.8) is 0 Å². The van der Waals surface area contributed by atoms with Gasteiger partial charge >= 0.3 is 6.03 Å². The summed E-state index contributed by atoms with van der Waals surface area (Å²) in [5.41, 5.74) is 9.94. The molecule has 0 aliphatic carbocycles. The quantitative estimate of drug-likeness (QED) is 0.0764. The van der Waals surface area contributed by atoms with Gasteiger partial charge in [-0.2, -0.15) is 0 Å². The van der Waals surface area contributed by atoms with Gasteiger partial charge in [-0.1, -0.05) is 36.4 Å². The minimum absolute atomic E-state index is 0.111. The molecule has 5 rings (SSSR count). The van der Waals surface area contributed by atoms with Gasteiger partial charge in [-0.3, -0.25) is 20.2 Å². The molecule has 1 aromatic heterocycles. The Hall–Kier alpha value is -5.29. The van der Waals surface area contributed by atoms with Crippen LogP contribution in [0.5, 0.6) is 5.88 Å². The number of nitrogens with two attached hydrogens (primary N) is 1. The Labute approximate surface area is 222 Å².